The van der Waals surface area contributed by atoms with Gasteiger partial charge in [0.2, 0.25) is 11.8 Å². The first-order valence-electron chi connectivity index (χ1n) is 18.1. The molecular weight excluding hydrogens is 736 g/mol. The number of para-hydroxylation sites is 1. The summed E-state index contributed by atoms with van der Waals surface area (Å²) in [5, 5.41) is 5.82. The van der Waals surface area contributed by atoms with Gasteiger partial charge < -0.3 is 29.9 Å². The van der Waals surface area contributed by atoms with Gasteiger partial charge in [-0.1, -0.05) is 18.2 Å². The van der Waals surface area contributed by atoms with Crippen LogP contribution in [0.3, 0.4) is 0 Å². The van der Waals surface area contributed by atoms with E-state index in [1.807, 2.05) is 6.92 Å². The van der Waals surface area contributed by atoms with Crippen molar-refractivity contribution in [2.24, 2.45) is 0 Å². The minimum absolute atomic E-state index is 0.00627. The number of likely N-dealkylation sites (N-methyl/N-ethyl adjacent to an activating group) is 1. The quantitative estimate of drug-likeness (QED) is 0.139. The molecule has 0 radical (unpaired) electrons. The van der Waals surface area contributed by atoms with Crippen molar-refractivity contribution in [1.82, 2.24) is 30.0 Å². The molecule has 0 aliphatic heterocycles. The zero-order valence-electron chi connectivity index (χ0n) is 32.3. The Hall–Kier alpha value is -5.51. The van der Waals surface area contributed by atoms with Gasteiger partial charge >= 0.3 is 12.3 Å². The number of aromatic nitrogens is 2. The lowest BCUT2D eigenvalue weighted by Crippen LogP contribution is -2.43. The Kier molecular flexibility index (Phi) is 14.6. The maximum atomic E-state index is 14.6. The molecule has 2 N–H and O–H groups in total. The molecule has 4 rings (SSSR count). The molecule has 1 unspecified atom stereocenters. The van der Waals surface area contributed by atoms with Crippen molar-refractivity contribution in [2.45, 2.75) is 58.2 Å². The van der Waals surface area contributed by atoms with Crippen LogP contribution in [-0.2, 0) is 26.9 Å². The van der Waals surface area contributed by atoms with Crippen molar-refractivity contribution < 1.29 is 41.4 Å². The lowest BCUT2D eigenvalue weighted by atomic mass is 10.0. The summed E-state index contributed by atoms with van der Waals surface area (Å²) < 4.78 is 66.9. The zero-order valence-corrected chi connectivity index (χ0v) is 32.3. The highest BCUT2D eigenvalue weighted by Crippen LogP contribution is 2.32. The van der Waals surface area contributed by atoms with Crippen molar-refractivity contribution in [3.05, 3.63) is 99.9 Å². The monoisotopic (exact) mass is 784 g/mol. The summed E-state index contributed by atoms with van der Waals surface area (Å²) in [5.74, 6) is -2.29. The third-order valence-electron chi connectivity index (χ3n) is 8.39. The number of ether oxygens (including phenoxy) is 2. The van der Waals surface area contributed by atoms with E-state index in [0.717, 1.165) is 6.07 Å². The van der Waals surface area contributed by atoms with E-state index in [4.69, 9.17) is 14.5 Å². The van der Waals surface area contributed by atoms with Gasteiger partial charge in [0, 0.05) is 32.1 Å². The lowest BCUT2D eigenvalue weighted by Gasteiger charge is -2.30. The van der Waals surface area contributed by atoms with E-state index in [2.05, 4.69) is 10.6 Å². The molecule has 56 heavy (non-hydrogen) atoms. The number of halogens is 4. The number of carbonyl (C=O) groups excluding carboxylic acids is 3. The average molecular weight is 785 g/mol. The van der Waals surface area contributed by atoms with Gasteiger partial charge in [-0.05, 0) is 102 Å². The summed E-state index contributed by atoms with van der Waals surface area (Å²) in [6.45, 7) is 7.24. The SMILES string of the molecule is CCOc1ccc(-n2c(C(CCNC(=O)CN(C)C)CN(CCNC(=O)OC(C)(C)C)C(=O)Cc3ccc(C(F)(F)F)c(F)c3)nc3ccccc3c2=O)cc1. The third-order valence-corrected chi connectivity index (χ3v) is 8.39. The minimum Gasteiger partial charge on any atom is -0.494 e. The van der Waals surface area contributed by atoms with Crippen molar-refractivity contribution >= 4 is 28.8 Å². The van der Waals surface area contributed by atoms with Crippen LogP contribution in [0.2, 0.25) is 0 Å². The van der Waals surface area contributed by atoms with E-state index in [1.54, 1.807) is 88.3 Å². The Bertz CT molecular complexity index is 2050. The summed E-state index contributed by atoms with van der Waals surface area (Å²) in [7, 11) is 3.49. The molecule has 1 heterocycles. The van der Waals surface area contributed by atoms with Crippen LogP contribution in [0.1, 0.15) is 57.0 Å². The summed E-state index contributed by atoms with van der Waals surface area (Å²) in [6.07, 6.45) is -5.97. The lowest BCUT2D eigenvalue weighted by molar-refractivity contribution is -0.140. The van der Waals surface area contributed by atoms with Gasteiger partial charge in [0.1, 0.15) is 23.0 Å². The van der Waals surface area contributed by atoms with Gasteiger partial charge in [0.25, 0.3) is 5.56 Å². The molecule has 1 atom stereocenters. The summed E-state index contributed by atoms with van der Waals surface area (Å²) in [5.41, 5.74) is -1.81. The molecule has 12 nitrogen and oxygen atoms in total. The van der Waals surface area contributed by atoms with Gasteiger partial charge in [-0.15, -0.1) is 0 Å². The normalized spacial score (nSPS) is 12.3. The van der Waals surface area contributed by atoms with Crippen molar-refractivity contribution in [1.29, 1.82) is 0 Å². The number of amides is 3. The Balaban J connectivity index is 1.80. The maximum Gasteiger partial charge on any atom is 0.419 e. The standard InChI is InChI=1S/C40H48F4N6O6/c1-7-55-29-15-13-28(14-16-29)50-36(47-33-11-9-8-10-30(33)37(50)53)27(18-19-45-34(51)25-48(5)6)24-49(21-20-46-38(54)56-39(2,3)4)35(52)23-26-12-17-31(32(41)22-26)40(42,43)44/h8-17,22,27H,7,18-21,23-25H2,1-6H3,(H,45,51)(H,46,54). The Morgan fingerprint density at radius 1 is 0.946 bits per heavy atom. The van der Waals surface area contributed by atoms with Crippen LogP contribution in [0.5, 0.6) is 5.75 Å². The molecule has 1 aromatic heterocycles. The van der Waals surface area contributed by atoms with Crippen LogP contribution in [0.4, 0.5) is 22.4 Å². The van der Waals surface area contributed by atoms with Gasteiger partial charge in [-0.3, -0.25) is 19.0 Å². The smallest absolute Gasteiger partial charge is 0.419 e. The van der Waals surface area contributed by atoms with E-state index in [-0.39, 0.29) is 62.0 Å². The molecule has 302 valence electrons. The molecule has 0 saturated carbocycles. The fourth-order valence-electron chi connectivity index (χ4n) is 5.94. The molecular formula is C40H48F4N6O6. The van der Waals surface area contributed by atoms with Crippen LogP contribution in [0, 0.1) is 5.82 Å². The topological polar surface area (TPSA) is 135 Å². The second-order valence-corrected chi connectivity index (χ2v) is 14.4. The average Bonchev–Trinajstić information content (AvgIpc) is 3.09. The Morgan fingerprint density at radius 3 is 2.27 bits per heavy atom. The fourth-order valence-corrected chi connectivity index (χ4v) is 5.94. The first kappa shape index (κ1) is 43.2. The van der Waals surface area contributed by atoms with Gasteiger partial charge in [-0.2, -0.15) is 13.2 Å². The number of hydrogen-bond donors (Lipinski definition) is 2. The highest BCUT2D eigenvalue weighted by atomic mass is 19.4. The maximum absolute atomic E-state index is 14.6. The Labute approximate surface area is 322 Å². The number of fused-ring (bicyclic) bond motifs is 1. The van der Waals surface area contributed by atoms with E-state index in [0.29, 0.717) is 41.1 Å². The molecule has 3 aromatic carbocycles. The van der Waals surface area contributed by atoms with E-state index < -0.39 is 47.5 Å². The molecule has 0 saturated heterocycles. The minimum atomic E-state index is -4.92. The van der Waals surface area contributed by atoms with Crippen LogP contribution >= 0.6 is 0 Å². The molecule has 0 bridgehead atoms. The number of benzene rings is 3. The van der Waals surface area contributed by atoms with Gasteiger partial charge in [0.05, 0.1) is 41.7 Å². The summed E-state index contributed by atoms with van der Waals surface area (Å²) in [4.78, 5) is 61.6. The zero-order chi connectivity index (χ0) is 41.2. The molecule has 0 aliphatic rings. The van der Waals surface area contributed by atoms with Gasteiger partial charge in [-0.25, -0.2) is 14.2 Å². The van der Waals surface area contributed by atoms with Crippen LogP contribution in [-0.4, -0.2) is 96.3 Å². The number of rotatable bonds is 16. The predicted molar refractivity (Wildman–Crippen MR) is 203 cm³/mol. The highest BCUT2D eigenvalue weighted by Gasteiger charge is 2.34. The number of carbonyl (C=O) groups is 3. The van der Waals surface area contributed by atoms with E-state index in [9.17, 15) is 36.7 Å². The molecule has 0 spiro atoms. The van der Waals surface area contributed by atoms with Crippen molar-refractivity contribution in [3.63, 3.8) is 0 Å². The van der Waals surface area contributed by atoms with E-state index in [1.165, 1.54) is 9.47 Å². The van der Waals surface area contributed by atoms with Crippen LogP contribution in [0.15, 0.2) is 71.5 Å². The number of hydrogen-bond acceptors (Lipinski definition) is 8. The van der Waals surface area contributed by atoms with Crippen molar-refractivity contribution in [3.8, 4) is 11.4 Å². The predicted octanol–water partition coefficient (Wildman–Crippen LogP) is 5.69. The molecule has 0 fully saturated rings. The second-order valence-electron chi connectivity index (χ2n) is 14.4. The van der Waals surface area contributed by atoms with Crippen LogP contribution < -0.4 is 20.9 Å². The largest absolute Gasteiger partial charge is 0.494 e. The number of alkyl carbamates (subject to hydrolysis) is 1. The van der Waals surface area contributed by atoms with Gasteiger partial charge in [0.15, 0.2) is 0 Å². The third kappa shape index (κ3) is 12.2. The first-order valence-corrected chi connectivity index (χ1v) is 18.1. The van der Waals surface area contributed by atoms with E-state index >= 15 is 0 Å². The Morgan fingerprint density at radius 2 is 1.64 bits per heavy atom. The first-order chi connectivity index (χ1) is 26.4. The fraction of sp³-hybridized carbons (Fsp3) is 0.425. The second kappa shape index (κ2) is 18.9. The van der Waals surface area contributed by atoms with Crippen LogP contribution in [0.25, 0.3) is 16.6 Å². The molecule has 0 aliphatic carbocycles. The summed E-state index contributed by atoms with van der Waals surface area (Å²) >= 11 is 0. The number of alkyl halides is 3. The molecule has 16 heteroatoms. The molecule has 3 amide bonds. The summed E-state index contributed by atoms with van der Waals surface area (Å²) in [6, 6.07) is 15.9. The number of nitrogens with one attached hydrogen (secondary N) is 2. The molecule has 4 aromatic rings. The van der Waals surface area contributed by atoms with Crippen molar-refractivity contribution in [2.75, 3.05) is 53.4 Å². The number of nitrogens with zero attached hydrogens (tertiary/aromatic N) is 4. The highest BCUT2D eigenvalue weighted by molar-refractivity contribution is 5.80.